The Bertz CT molecular complexity index is 1160. The molecule has 1 aromatic heterocycles. The normalized spacial score (nSPS) is 11.4. The van der Waals surface area contributed by atoms with Crippen molar-refractivity contribution in [3.05, 3.63) is 59.9 Å². The molecule has 0 saturated carbocycles. The molecule has 0 spiro atoms. The second kappa shape index (κ2) is 26.9. The van der Waals surface area contributed by atoms with Crippen LogP contribution in [0.25, 0.3) is 22.5 Å². The molecular weight excluding hydrogens is 613 g/mol. The second-order valence-electron chi connectivity index (χ2n) is 14.9. The van der Waals surface area contributed by atoms with Crippen molar-refractivity contribution < 1.29 is 10.2 Å². The van der Waals surface area contributed by atoms with Crippen molar-refractivity contribution in [3.8, 4) is 34.0 Å². The van der Waals surface area contributed by atoms with Crippen LogP contribution in [0.4, 0.5) is 0 Å². The Kier molecular flexibility index (Phi) is 22.3. The van der Waals surface area contributed by atoms with Gasteiger partial charge in [0.2, 0.25) is 0 Å². The van der Waals surface area contributed by atoms with E-state index in [9.17, 15) is 10.2 Å². The average molecular weight is 685 g/mol. The first-order valence-electron chi connectivity index (χ1n) is 21.1. The monoisotopic (exact) mass is 685 g/mol. The first kappa shape index (κ1) is 41.5. The molecule has 0 saturated heterocycles. The Morgan fingerprint density at radius 2 is 0.580 bits per heavy atom. The predicted molar refractivity (Wildman–Crippen MR) is 215 cm³/mol. The predicted octanol–water partition coefficient (Wildman–Crippen LogP) is 14.5. The summed E-state index contributed by atoms with van der Waals surface area (Å²) in [5.74, 6) is 0.542. The summed E-state index contributed by atoms with van der Waals surface area (Å²) in [6, 6.07) is 14.9. The molecule has 278 valence electrons. The Hall–Kier alpha value is -2.88. The maximum atomic E-state index is 10.0. The highest BCUT2D eigenvalue weighted by Crippen LogP contribution is 2.31. The van der Waals surface area contributed by atoms with Crippen LogP contribution in [0.1, 0.15) is 192 Å². The molecule has 0 atom stereocenters. The first-order valence-corrected chi connectivity index (χ1v) is 21.1. The number of phenols is 2. The number of nitrogens with zero attached hydrogens (tertiary/aromatic N) is 2. The van der Waals surface area contributed by atoms with Crippen LogP contribution in [0.3, 0.4) is 0 Å². The van der Waals surface area contributed by atoms with Crippen molar-refractivity contribution in [2.75, 3.05) is 0 Å². The quantitative estimate of drug-likeness (QED) is 0.0686. The number of aryl methyl sites for hydroxylation is 2. The zero-order valence-electron chi connectivity index (χ0n) is 32.2. The number of aromatic hydroxyl groups is 2. The van der Waals surface area contributed by atoms with Crippen LogP contribution in [0.5, 0.6) is 11.5 Å². The lowest BCUT2D eigenvalue weighted by Gasteiger charge is -2.16. The van der Waals surface area contributed by atoms with Gasteiger partial charge in [0.15, 0.2) is 0 Å². The Balaban J connectivity index is 1.55. The number of aromatic nitrogens is 2. The maximum Gasteiger partial charge on any atom is 0.115 e. The van der Waals surface area contributed by atoms with E-state index < -0.39 is 0 Å². The van der Waals surface area contributed by atoms with Gasteiger partial charge in [-0.05, 0) is 74.2 Å². The lowest BCUT2D eigenvalue weighted by molar-refractivity contribution is 0.475. The van der Waals surface area contributed by atoms with Crippen molar-refractivity contribution in [2.45, 2.75) is 194 Å². The zero-order valence-corrected chi connectivity index (χ0v) is 32.2. The van der Waals surface area contributed by atoms with E-state index in [-0.39, 0.29) is 11.5 Å². The number of rotatable bonds is 30. The fourth-order valence-electron chi connectivity index (χ4n) is 7.17. The third-order valence-electron chi connectivity index (χ3n) is 10.4. The van der Waals surface area contributed by atoms with Crippen LogP contribution in [0.15, 0.2) is 48.5 Å². The Morgan fingerprint density at radius 3 is 0.840 bits per heavy atom. The Labute approximate surface area is 307 Å². The summed E-state index contributed by atoms with van der Waals surface area (Å²) in [7, 11) is 0. The lowest BCUT2D eigenvalue weighted by atomic mass is 9.99. The van der Waals surface area contributed by atoms with Crippen molar-refractivity contribution in [2.24, 2.45) is 0 Å². The zero-order chi connectivity index (χ0) is 35.5. The summed E-state index contributed by atoms with van der Waals surface area (Å²) < 4.78 is 0. The number of benzene rings is 2. The van der Waals surface area contributed by atoms with Gasteiger partial charge < -0.3 is 10.2 Å². The molecule has 0 radical (unpaired) electrons. The molecule has 3 aromatic rings. The summed E-state index contributed by atoms with van der Waals surface area (Å²) in [5, 5.41) is 20.0. The van der Waals surface area contributed by atoms with Crippen LogP contribution >= 0.6 is 0 Å². The van der Waals surface area contributed by atoms with Crippen LogP contribution in [-0.2, 0) is 12.8 Å². The third-order valence-corrected chi connectivity index (χ3v) is 10.4. The van der Waals surface area contributed by atoms with Crippen LogP contribution in [0.2, 0.25) is 0 Å². The highest BCUT2D eigenvalue weighted by molar-refractivity contribution is 5.68. The highest BCUT2D eigenvalue weighted by Gasteiger charge is 2.17. The summed E-state index contributed by atoms with van der Waals surface area (Å²) >= 11 is 0. The molecule has 0 aliphatic rings. The van der Waals surface area contributed by atoms with E-state index in [2.05, 4.69) is 13.8 Å². The molecule has 3 rings (SSSR count). The molecule has 4 nitrogen and oxygen atoms in total. The molecule has 0 unspecified atom stereocenters. The van der Waals surface area contributed by atoms with Crippen LogP contribution < -0.4 is 0 Å². The van der Waals surface area contributed by atoms with Gasteiger partial charge in [-0.15, -0.1) is 0 Å². The van der Waals surface area contributed by atoms with Crippen LogP contribution in [-0.4, -0.2) is 20.2 Å². The molecule has 0 aliphatic carbocycles. The van der Waals surface area contributed by atoms with Gasteiger partial charge in [-0.25, -0.2) is 9.97 Å². The van der Waals surface area contributed by atoms with E-state index in [0.717, 1.165) is 59.6 Å². The summed E-state index contributed by atoms with van der Waals surface area (Å²) in [4.78, 5) is 10.7. The summed E-state index contributed by atoms with van der Waals surface area (Å²) in [6.07, 6.45) is 36.6. The average Bonchev–Trinajstić information content (AvgIpc) is 3.13. The van der Waals surface area contributed by atoms with Crippen molar-refractivity contribution in [1.29, 1.82) is 0 Å². The largest absolute Gasteiger partial charge is 0.508 e. The van der Waals surface area contributed by atoms with Crippen molar-refractivity contribution >= 4 is 0 Å². The van der Waals surface area contributed by atoms with Gasteiger partial charge >= 0.3 is 0 Å². The maximum absolute atomic E-state index is 10.0. The molecule has 4 heteroatoms. The minimum absolute atomic E-state index is 0.271. The smallest absolute Gasteiger partial charge is 0.115 e. The third kappa shape index (κ3) is 17.4. The van der Waals surface area contributed by atoms with Gasteiger partial charge in [0.25, 0.3) is 0 Å². The molecule has 0 aliphatic heterocycles. The van der Waals surface area contributed by atoms with E-state index in [1.54, 1.807) is 24.3 Å². The molecule has 2 aromatic carbocycles. The fraction of sp³-hybridized carbons (Fsp3) is 0.652. The van der Waals surface area contributed by atoms with E-state index in [0.29, 0.717) is 0 Å². The minimum atomic E-state index is 0.271. The molecule has 0 bridgehead atoms. The lowest BCUT2D eigenvalue weighted by Crippen LogP contribution is -2.06. The molecule has 1 heterocycles. The number of unbranched alkanes of at least 4 members (excludes halogenated alkanes) is 24. The topological polar surface area (TPSA) is 66.2 Å². The van der Waals surface area contributed by atoms with E-state index >= 15 is 0 Å². The van der Waals surface area contributed by atoms with Gasteiger partial charge in [-0.1, -0.05) is 168 Å². The minimum Gasteiger partial charge on any atom is -0.508 e. The second-order valence-corrected chi connectivity index (χ2v) is 14.9. The number of hydrogen-bond donors (Lipinski definition) is 2. The molecule has 2 N–H and O–H groups in total. The molecule has 0 fully saturated rings. The summed E-state index contributed by atoms with van der Waals surface area (Å²) in [6.45, 7) is 4.57. The van der Waals surface area contributed by atoms with Gasteiger partial charge in [0.05, 0.1) is 22.8 Å². The number of phenolic OH excluding ortho intramolecular Hbond substituents is 2. The highest BCUT2D eigenvalue weighted by atomic mass is 16.3. The van der Waals surface area contributed by atoms with E-state index in [1.165, 1.54) is 154 Å². The SMILES string of the molecule is CCCCCCCCCCCCCCCc1nc(-c2ccc(O)cc2)c(CCCCCCCCCCCCCCC)nc1-c1ccc(O)cc1. The van der Waals surface area contributed by atoms with Gasteiger partial charge in [-0.3, -0.25) is 0 Å². The first-order chi connectivity index (χ1) is 24.6. The van der Waals surface area contributed by atoms with E-state index in [1.807, 2.05) is 24.3 Å². The van der Waals surface area contributed by atoms with E-state index in [4.69, 9.17) is 9.97 Å². The fourth-order valence-corrected chi connectivity index (χ4v) is 7.17. The molecule has 50 heavy (non-hydrogen) atoms. The van der Waals surface area contributed by atoms with Crippen LogP contribution in [0, 0.1) is 0 Å². The standard InChI is InChI=1S/C46H72N2O2/c1-3-5-7-9-11-13-15-17-19-21-23-25-27-29-43-45(39-31-35-41(49)36-32-39)48-44(46(47-43)40-33-37-42(50)38-34-40)30-28-26-24-22-20-18-16-14-12-10-8-6-4-2/h31-38,49-50H,3-30H2,1-2H3. The van der Waals surface area contributed by atoms with Gasteiger partial charge in [0.1, 0.15) is 11.5 Å². The van der Waals surface area contributed by atoms with Gasteiger partial charge in [0, 0.05) is 11.1 Å². The Morgan fingerprint density at radius 1 is 0.340 bits per heavy atom. The molecule has 0 amide bonds. The van der Waals surface area contributed by atoms with Crippen molar-refractivity contribution in [1.82, 2.24) is 9.97 Å². The number of hydrogen-bond acceptors (Lipinski definition) is 4. The van der Waals surface area contributed by atoms with Crippen molar-refractivity contribution in [3.63, 3.8) is 0 Å². The van der Waals surface area contributed by atoms with Gasteiger partial charge in [-0.2, -0.15) is 0 Å². The summed E-state index contributed by atoms with van der Waals surface area (Å²) in [5.41, 5.74) is 6.02. The molecular formula is C46H72N2O2.